The van der Waals surface area contributed by atoms with Gasteiger partial charge in [0.05, 0.1) is 22.9 Å². The van der Waals surface area contributed by atoms with Gasteiger partial charge in [0.1, 0.15) is 17.3 Å². The van der Waals surface area contributed by atoms with Crippen LogP contribution >= 0.6 is 0 Å². The number of allylic oxidation sites excluding steroid dienone is 2. The summed E-state index contributed by atoms with van der Waals surface area (Å²) >= 11 is 0. The molecule has 0 radical (unpaired) electrons. The molecular formula is C27H44O7. The summed E-state index contributed by atoms with van der Waals surface area (Å²) in [5.41, 5.74) is -4.76. The van der Waals surface area contributed by atoms with Crippen molar-refractivity contribution in [3.8, 4) is 0 Å². The van der Waals surface area contributed by atoms with E-state index in [-0.39, 0.29) is 66.7 Å². The Morgan fingerprint density at radius 1 is 1.00 bits per heavy atom. The molecule has 6 N–H and O–H groups in total. The molecule has 4 rings (SSSR count). The van der Waals surface area contributed by atoms with Crippen LogP contribution in [-0.4, -0.2) is 59.3 Å². The van der Waals surface area contributed by atoms with Crippen molar-refractivity contribution in [2.45, 2.75) is 115 Å². The van der Waals surface area contributed by atoms with Gasteiger partial charge in [-0.2, -0.15) is 0 Å². The van der Waals surface area contributed by atoms with Crippen molar-refractivity contribution < 1.29 is 35.4 Å². The molecule has 0 heterocycles. The number of aliphatic hydroxyl groups excluding tert-OH is 3. The Bertz CT molecular complexity index is 873. The highest BCUT2D eigenvalue weighted by Gasteiger charge is 2.71. The van der Waals surface area contributed by atoms with E-state index < -0.39 is 33.7 Å². The van der Waals surface area contributed by atoms with Crippen molar-refractivity contribution in [1.29, 1.82) is 0 Å². The van der Waals surface area contributed by atoms with E-state index in [2.05, 4.69) is 0 Å². The third-order valence-electron chi connectivity index (χ3n) is 10.8. The molecular weight excluding hydrogens is 436 g/mol. The minimum atomic E-state index is -1.44. The maximum absolute atomic E-state index is 13.3. The van der Waals surface area contributed by atoms with Gasteiger partial charge in [-0.15, -0.1) is 0 Å². The second kappa shape index (κ2) is 7.92. The van der Waals surface area contributed by atoms with Gasteiger partial charge in [0.25, 0.3) is 0 Å². The number of hydrogen-bond acceptors (Lipinski definition) is 7. The number of hydrogen-bond donors (Lipinski definition) is 6. The van der Waals surface area contributed by atoms with Crippen LogP contribution in [-0.2, 0) is 4.79 Å². The monoisotopic (exact) mass is 480 g/mol. The smallest absolute Gasteiger partial charge is 0.137 e. The van der Waals surface area contributed by atoms with Crippen LogP contribution in [0.2, 0.25) is 0 Å². The van der Waals surface area contributed by atoms with Crippen LogP contribution in [0.1, 0.15) is 92.4 Å². The summed E-state index contributed by atoms with van der Waals surface area (Å²) in [7, 11) is 0. The van der Waals surface area contributed by atoms with E-state index in [0.29, 0.717) is 25.7 Å². The molecule has 4 aliphatic rings. The van der Waals surface area contributed by atoms with Crippen molar-refractivity contribution in [2.24, 2.45) is 34.5 Å². The van der Waals surface area contributed by atoms with Gasteiger partial charge in [-0.3, -0.25) is 4.79 Å². The van der Waals surface area contributed by atoms with E-state index in [4.69, 9.17) is 0 Å². The van der Waals surface area contributed by atoms with E-state index in [1.807, 2.05) is 13.8 Å². The maximum Gasteiger partial charge on any atom is 0.137 e. The van der Waals surface area contributed by atoms with Crippen LogP contribution in [0.25, 0.3) is 0 Å². The van der Waals surface area contributed by atoms with E-state index >= 15 is 0 Å². The Morgan fingerprint density at radius 2 is 1.65 bits per heavy atom. The minimum absolute atomic E-state index is 0.0207. The lowest BCUT2D eigenvalue weighted by molar-refractivity contribution is -0.224. The molecule has 34 heavy (non-hydrogen) atoms. The Labute approximate surface area is 202 Å². The number of carbonyl (C=O) groups excluding carboxylic acids is 1. The van der Waals surface area contributed by atoms with Gasteiger partial charge in [0.2, 0.25) is 0 Å². The molecule has 1 unspecified atom stereocenters. The van der Waals surface area contributed by atoms with Gasteiger partial charge >= 0.3 is 0 Å². The standard InChI is InChI=1S/C27H44O7/c1-23(2,32)9-8-22(31)26(5,33)21-7-11-27(34)16-12-18(28)17-13-19(29)20(30)14-24(17,3)15(16)6-10-25(21,27)4/h15-17,21-22,29-34H,6-14H2,1-5H3/t15-,16+,17?,21-,22+,24+,25+,26+,27+/m0/s1. The van der Waals surface area contributed by atoms with Gasteiger partial charge in [-0.1, -0.05) is 13.8 Å². The number of fused-ring (bicyclic) bond motifs is 5. The molecule has 3 fully saturated rings. The van der Waals surface area contributed by atoms with E-state index in [9.17, 15) is 35.4 Å². The summed E-state index contributed by atoms with van der Waals surface area (Å²) in [6.07, 6.45) is 2.58. The zero-order chi connectivity index (χ0) is 25.5. The topological polar surface area (TPSA) is 138 Å². The number of aliphatic hydroxyl groups is 6. The van der Waals surface area contributed by atoms with Crippen molar-refractivity contribution in [3.05, 3.63) is 11.5 Å². The third kappa shape index (κ3) is 3.64. The SMILES string of the molecule is CC(C)(O)CC[C@@H](O)[C@](C)(O)[C@H]1CC[C@@]2(O)[C@@H]3CC(=O)C4CC(O)=C(O)C[C@]4(C)[C@H]3CC[C@]12C. The molecule has 3 saturated carbocycles. The zero-order valence-corrected chi connectivity index (χ0v) is 21.3. The first-order valence-electron chi connectivity index (χ1n) is 13.0. The number of Topliss-reactive ketones (excluding diaryl/α,β-unsaturated/α-hetero) is 1. The second-order valence-electron chi connectivity index (χ2n) is 13.3. The van der Waals surface area contributed by atoms with Crippen LogP contribution in [0.3, 0.4) is 0 Å². The summed E-state index contributed by atoms with van der Waals surface area (Å²) in [5, 5.41) is 65.4. The quantitative estimate of drug-likeness (QED) is 0.354. The summed E-state index contributed by atoms with van der Waals surface area (Å²) in [6.45, 7) is 9.02. The molecule has 7 nitrogen and oxygen atoms in total. The largest absolute Gasteiger partial charge is 0.509 e. The number of carbonyl (C=O) groups is 1. The molecule has 0 aliphatic heterocycles. The van der Waals surface area contributed by atoms with Crippen LogP contribution in [0.5, 0.6) is 0 Å². The normalized spacial score (nSPS) is 45.3. The van der Waals surface area contributed by atoms with Gasteiger partial charge in [-0.25, -0.2) is 0 Å². The molecule has 0 spiro atoms. The molecule has 9 atom stereocenters. The lowest BCUT2D eigenvalue weighted by Gasteiger charge is -2.63. The molecule has 0 amide bonds. The van der Waals surface area contributed by atoms with Crippen molar-refractivity contribution >= 4 is 5.78 Å². The highest BCUT2D eigenvalue weighted by molar-refractivity contribution is 5.84. The average Bonchev–Trinajstić information content (AvgIpc) is 3.00. The Morgan fingerprint density at radius 3 is 2.26 bits per heavy atom. The summed E-state index contributed by atoms with van der Waals surface area (Å²) < 4.78 is 0. The van der Waals surface area contributed by atoms with Crippen molar-refractivity contribution in [2.75, 3.05) is 0 Å². The molecule has 0 aromatic rings. The fourth-order valence-corrected chi connectivity index (χ4v) is 8.67. The molecule has 7 heteroatoms. The summed E-state index contributed by atoms with van der Waals surface area (Å²) in [5.74, 6) is -1.09. The first-order valence-corrected chi connectivity index (χ1v) is 13.0. The summed E-state index contributed by atoms with van der Waals surface area (Å²) in [6, 6.07) is 0. The second-order valence-corrected chi connectivity index (χ2v) is 13.3. The van der Waals surface area contributed by atoms with Gasteiger partial charge in [-0.05, 0) is 82.5 Å². The highest BCUT2D eigenvalue weighted by atomic mass is 16.3. The number of rotatable bonds is 5. The van der Waals surface area contributed by atoms with Crippen LogP contribution in [0.4, 0.5) is 0 Å². The Balaban J connectivity index is 1.64. The predicted octanol–water partition coefficient (Wildman–Crippen LogP) is 3.54. The van der Waals surface area contributed by atoms with Crippen LogP contribution in [0, 0.1) is 34.5 Å². The Hall–Kier alpha value is -1.15. The van der Waals surface area contributed by atoms with Crippen molar-refractivity contribution in [3.63, 3.8) is 0 Å². The van der Waals surface area contributed by atoms with Crippen molar-refractivity contribution in [1.82, 2.24) is 0 Å². The maximum atomic E-state index is 13.3. The highest BCUT2D eigenvalue weighted by Crippen LogP contribution is 2.70. The molecule has 0 saturated heterocycles. The lowest BCUT2D eigenvalue weighted by Crippen LogP contribution is -2.65. The van der Waals surface area contributed by atoms with E-state index in [1.54, 1.807) is 20.8 Å². The molecule has 0 bridgehead atoms. The first-order chi connectivity index (χ1) is 15.5. The average molecular weight is 481 g/mol. The van der Waals surface area contributed by atoms with E-state index in [1.165, 1.54) is 0 Å². The third-order valence-corrected chi connectivity index (χ3v) is 10.8. The lowest BCUT2D eigenvalue weighted by atomic mass is 9.43. The molecule has 4 aliphatic carbocycles. The van der Waals surface area contributed by atoms with Gasteiger partial charge in [0, 0.05) is 30.6 Å². The van der Waals surface area contributed by atoms with Crippen LogP contribution in [0.15, 0.2) is 11.5 Å². The fraction of sp³-hybridized carbons (Fsp3) is 0.889. The van der Waals surface area contributed by atoms with Crippen LogP contribution < -0.4 is 0 Å². The van der Waals surface area contributed by atoms with Gasteiger partial charge in [0.15, 0.2) is 0 Å². The summed E-state index contributed by atoms with van der Waals surface area (Å²) in [4.78, 5) is 13.3. The molecule has 0 aromatic heterocycles. The first kappa shape index (κ1) is 25.9. The zero-order valence-electron chi connectivity index (χ0n) is 21.3. The van der Waals surface area contributed by atoms with Gasteiger partial charge < -0.3 is 30.6 Å². The Kier molecular flexibility index (Phi) is 6.04. The van der Waals surface area contributed by atoms with E-state index in [0.717, 1.165) is 6.42 Å². The molecule has 0 aromatic carbocycles. The minimum Gasteiger partial charge on any atom is -0.509 e. The predicted molar refractivity (Wildman–Crippen MR) is 127 cm³/mol. The fourth-order valence-electron chi connectivity index (χ4n) is 8.67. The molecule has 194 valence electrons. The number of ketones is 1.